The van der Waals surface area contributed by atoms with Crippen molar-refractivity contribution < 1.29 is 4.79 Å². The largest absolute Gasteiger partial charge is 0.347 e. The van der Waals surface area contributed by atoms with Crippen molar-refractivity contribution in [2.45, 2.75) is 11.4 Å². The van der Waals surface area contributed by atoms with Crippen LogP contribution in [0, 0.1) is 0 Å². The van der Waals surface area contributed by atoms with Crippen molar-refractivity contribution in [3.8, 4) is 0 Å². The monoisotopic (exact) mass is 332 g/mol. The number of halogens is 1. The Labute approximate surface area is 136 Å². The number of hydrogen-bond donors (Lipinski definition) is 1. The van der Waals surface area contributed by atoms with Crippen LogP contribution in [0.15, 0.2) is 47.5 Å². The standard InChI is InChI=1S/C15H13ClN4OS/c1-22-11-4-2-10(3-5-11)8-17-15(21)12-9-20-14(18-12)7-6-13(16)19-20/h2-7,9H,8H2,1H3,(H,17,21). The highest BCUT2D eigenvalue weighted by atomic mass is 35.5. The number of nitrogens with one attached hydrogen (secondary N) is 1. The fraction of sp³-hybridized carbons (Fsp3) is 0.133. The van der Waals surface area contributed by atoms with Gasteiger partial charge in [0.15, 0.2) is 5.65 Å². The minimum Gasteiger partial charge on any atom is -0.347 e. The van der Waals surface area contributed by atoms with Gasteiger partial charge in [-0.15, -0.1) is 11.8 Å². The molecular formula is C15H13ClN4OS. The van der Waals surface area contributed by atoms with Gasteiger partial charge in [-0.3, -0.25) is 4.79 Å². The second-order valence-electron chi connectivity index (χ2n) is 4.62. The number of carbonyl (C=O) groups is 1. The number of aromatic nitrogens is 3. The van der Waals surface area contributed by atoms with Gasteiger partial charge < -0.3 is 5.32 Å². The van der Waals surface area contributed by atoms with E-state index in [2.05, 4.69) is 15.4 Å². The molecule has 2 heterocycles. The molecule has 0 saturated heterocycles. The Morgan fingerprint density at radius 3 is 2.77 bits per heavy atom. The van der Waals surface area contributed by atoms with Gasteiger partial charge in [0.2, 0.25) is 0 Å². The summed E-state index contributed by atoms with van der Waals surface area (Å²) in [6.45, 7) is 0.454. The lowest BCUT2D eigenvalue weighted by Crippen LogP contribution is -2.23. The minimum atomic E-state index is -0.240. The summed E-state index contributed by atoms with van der Waals surface area (Å²) in [6.07, 6.45) is 3.59. The summed E-state index contributed by atoms with van der Waals surface area (Å²) in [5, 5.41) is 7.25. The molecule has 0 aliphatic rings. The summed E-state index contributed by atoms with van der Waals surface area (Å²) < 4.78 is 1.49. The van der Waals surface area contributed by atoms with E-state index in [1.165, 1.54) is 9.41 Å². The first-order chi connectivity index (χ1) is 10.7. The predicted octanol–water partition coefficient (Wildman–Crippen LogP) is 3.03. The molecule has 22 heavy (non-hydrogen) atoms. The van der Waals surface area contributed by atoms with Crippen molar-refractivity contribution in [3.05, 3.63) is 59.0 Å². The van der Waals surface area contributed by atoms with Crippen molar-refractivity contribution in [2.75, 3.05) is 6.26 Å². The van der Waals surface area contributed by atoms with Gasteiger partial charge in [0.05, 0.1) is 6.20 Å². The molecule has 112 valence electrons. The highest BCUT2D eigenvalue weighted by Crippen LogP contribution is 2.15. The van der Waals surface area contributed by atoms with E-state index in [1.54, 1.807) is 30.1 Å². The van der Waals surface area contributed by atoms with Gasteiger partial charge in [-0.1, -0.05) is 23.7 Å². The Hall–Kier alpha value is -2.05. The topological polar surface area (TPSA) is 59.3 Å². The van der Waals surface area contributed by atoms with Crippen LogP contribution in [0.3, 0.4) is 0 Å². The lowest BCUT2D eigenvalue weighted by atomic mass is 10.2. The number of thioether (sulfide) groups is 1. The van der Waals surface area contributed by atoms with Gasteiger partial charge in [0, 0.05) is 11.4 Å². The van der Waals surface area contributed by atoms with Crippen LogP contribution in [0.25, 0.3) is 5.65 Å². The average Bonchev–Trinajstić information content (AvgIpc) is 2.96. The van der Waals surface area contributed by atoms with Crippen LogP contribution in [0.1, 0.15) is 16.1 Å². The number of hydrogen-bond acceptors (Lipinski definition) is 4. The maximum atomic E-state index is 12.1. The third-order valence-electron chi connectivity index (χ3n) is 3.13. The fourth-order valence-corrected chi connectivity index (χ4v) is 2.54. The number of nitrogens with zero attached hydrogens (tertiary/aromatic N) is 3. The van der Waals surface area contributed by atoms with Gasteiger partial charge >= 0.3 is 0 Å². The Morgan fingerprint density at radius 1 is 1.27 bits per heavy atom. The number of benzene rings is 1. The quantitative estimate of drug-likeness (QED) is 0.746. The molecule has 0 fully saturated rings. The van der Waals surface area contributed by atoms with Crippen molar-refractivity contribution in [3.63, 3.8) is 0 Å². The van der Waals surface area contributed by atoms with E-state index in [0.717, 1.165) is 5.56 Å². The number of fused-ring (bicyclic) bond motifs is 1. The van der Waals surface area contributed by atoms with Crippen molar-refractivity contribution in [1.29, 1.82) is 0 Å². The molecular weight excluding hydrogens is 320 g/mol. The lowest BCUT2D eigenvalue weighted by molar-refractivity contribution is 0.0946. The number of rotatable bonds is 4. The van der Waals surface area contributed by atoms with Crippen LogP contribution in [0.5, 0.6) is 0 Å². The molecule has 0 aliphatic carbocycles. The Morgan fingerprint density at radius 2 is 2.05 bits per heavy atom. The summed E-state index contributed by atoms with van der Waals surface area (Å²) in [5.74, 6) is -0.240. The molecule has 0 spiro atoms. The van der Waals surface area contributed by atoms with E-state index in [0.29, 0.717) is 23.0 Å². The maximum Gasteiger partial charge on any atom is 0.271 e. The Bertz CT molecular complexity index is 816. The van der Waals surface area contributed by atoms with Gasteiger partial charge in [-0.05, 0) is 36.1 Å². The van der Waals surface area contributed by atoms with E-state index in [1.807, 2.05) is 30.5 Å². The third-order valence-corrected chi connectivity index (χ3v) is 4.08. The van der Waals surface area contributed by atoms with Crippen LogP contribution in [0.2, 0.25) is 5.15 Å². The Balaban J connectivity index is 1.69. The molecule has 2 aromatic heterocycles. The van der Waals surface area contributed by atoms with Gasteiger partial charge in [0.25, 0.3) is 5.91 Å². The van der Waals surface area contributed by atoms with E-state index in [4.69, 9.17) is 11.6 Å². The smallest absolute Gasteiger partial charge is 0.271 e. The van der Waals surface area contributed by atoms with E-state index >= 15 is 0 Å². The molecule has 0 radical (unpaired) electrons. The SMILES string of the molecule is CSc1ccc(CNC(=O)c2cn3nc(Cl)ccc3n2)cc1. The van der Waals surface area contributed by atoms with Crippen LogP contribution in [0.4, 0.5) is 0 Å². The average molecular weight is 333 g/mol. The van der Waals surface area contributed by atoms with Gasteiger partial charge in [-0.2, -0.15) is 5.10 Å². The van der Waals surface area contributed by atoms with Crippen LogP contribution in [-0.2, 0) is 6.54 Å². The van der Waals surface area contributed by atoms with Crippen molar-refractivity contribution in [1.82, 2.24) is 19.9 Å². The number of amides is 1. The molecule has 0 saturated carbocycles. The van der Waals surface area contributed by atoms with E-state index in [-0.39, 0.29) is 5.91 Å². The molecule has 0 atom stereocenters. The van der Waals surface area contributed by atoms with Crippen molar-refractivity contribution in [2.24, 2.45) is 0 Å². The molecule has 1 N–H and O–H groups in total. The molecule has 5 nitrogen and oxygen atoms in total. The normalized spacial score (nSPS) is 10.8. The highest BCUT2D eigenvalue weighted by Gasteiger charge is 2.11. The lowest BCUT2D eigenvalue weighted by Gasteiger charge is -2.04. The zero-order valence-corrected chi connectivity index (χ0v) is 13.4. The van der Waals surface area contributed by atoms with Crippen LogP contribution < -0.4 is 5.32 Å². The van der Waals surface area contributed by atoms with E-state index in [9.17, 15) is 4.79 Å². The molecule has 0 bridgehead atoms. The van der Waals surface area contributed by atoms with Crippen LogP contribution in [-0.4, -0.2) is 26.8 Å². The summed E-state index contributed by atoms with van der Waals surface area (Å²) in [7, 11) is 0. The van der Waals surface area contributed by atoms with E-state index < -0.39 is 0 Å². The predicted molar refractivity (Wildman–Crippen MR) is 87.4 cm³/mol. The molecule has 1 aromatic carbocycles. The fourth-order valence-electron chi connectivity index (χ4n) is 1.98. The first kappa shape index (κ1) is 14.9. The van der Waals surface area contributed by atoms with Crippen molar-refractivity contribution >= 4 is 34.9 Å². The highest BCUT2D eigenvalue weighted by molar-refractivity contribution is 7.98. The van der Waals surface area contributed by atoms with Gasteiger partial charge in [-0.25, -0.2) is 9.50 Å². The first-order valence-electron chi connectivity index (χ1n) is 6.59. The molecule has 0 aliphatic heterocycles. The second kappa shape index (κ2) is 6.37. The number of imidazole rings is 1. The molecule has 3 aromatic rings. The second-order valence-corrected chi connectivity index (χ2v) is 5.88. The zero-order chi connectivity index (χ0) is 15.5. The number of carbonyl (C=O) groups excluding carboxylic acids is 1. The summed E-state index contributed by atoms with van der Waals surface area (Å²) >= 11 is 7.50. The maximum absolute atomic E-state index is 12.1. The molecule has 3 rings (SSSR count). The summed E-state index contributed by atoms with van der Waals surface area (Å²) in [5.41, 5.74) is 1.94. The Kier molecular flexibility index (Phi) is 4.31. The summed E-state index contributed by atoms with van der Waals surface area (Å²) in [4.78, 5) is 17.6. The first-order valence-corrected chi connectivity index (χ1v) is 8.19. The minimum absolute atomic E-state index is 0.240. The zero-order valence-electron chi connectivity index (χ0n) is 11.8. The summed E-state index contributed by atoms with van der Waals surface area (Å²) in [6, 6.07) is 11.4. The molecule has 7 heteroatoms. The molecule has 1 amide bonds. The van der Waals surface area contributed by atoms with Crippen LogP contribution >= 0.6 is 23.4 Å². The van der Waals surface area contributed by atoms with Gasteiger partial charge in [0.1, 0.15) is 10.8 Å². The third kappa shape index (κ3) is 3.23. The molecule has 0 unspecified atom stereocenters.